The first-order valence-corrected chi connectivity index (χ1v) is 7.64. The number of ketones is 1. The van der Waals surface area contributed by atoms with E-state index in [1.807, 2.05) is 13.8 Å². The van der Waals surface area contributed by atoms with Crippen molar-refractivity contribution in [1.29, 1.82) is 5.26 Å². The fraction of sp³-hybridized carbons (Fsp3) is 0.647. The fourth-order valence-corrected chi connectivity index (χ4v) is 4.77. The van der Waals surface area contributed by atoms with Gasteiger partial charge in [-0.1, -0.05) is 20.8 Å². The van der Waals surface area contributed by atoms with E-state index < -0.39 is 11.5 Å². The van der Waals surface area contributed by atoms with Gasteiger partial charge in [0.05, 0.1) is 5.69 Å². The van der Waals surface area contributed by atoms with E-state index in [1.54, 1.807) is 11.7 Å². The Morgan fingerprint density at radius 2 is 2.14 bits per heavy atom. The van der Waals surface area contributed by atoms with Crippen molar-refractivity contribution in [3.05, 3.63) is 28.4 Å². The highest BCUT2D eigenvalue weighted by molar-refractivity contribution is 5.92. The van der Waals surface area contributed by atoms with E-state index in [2.05, 4.69) is 22.9 Å². The van der Waals surface area contributed by atoms with Gasteiger partial charge in [0.15, 0.2) is 0 Å². The lowest BCUT2D eigenvalue weighted by atomic mass is 9.50. The van der Waals surface area contributed by atoms with E-state index >= 15 is 0 Å². The highest BCUT2D eigenvalue weighted by Crippen LogP contribution is 2.56. The number of aromatic nitrogens is 2. The van der Waals surface area contributed by atoms with Crippen molar-refractivity contribution in [3.8, 4) is 6.07 Å². The monoisotopic (exact) mass is 296 g/mol. The van der Waals surface area contributed by atoms with Gasteiger partial charge in [-0.15, -0.1) is 0 Å². The predicted molar refractivity (Wildman–Crippen MR) is 80.9 cm³/mol. The van der Waals surface area contributed by atoms with Crippen molar-refractivity contribution >= 4 is 5.78 Å². The molecule has 0 N–H and O–H groups in total. The zero-order valence-electron chi connectivity index (χ0n) is 13.5. The SMILES string of the molecule is [C-]#[N+]C1C[C@]2(C)c3nn(C)c(C#N)c3CC[C@H]2C(C)(C)C1=O. The first kappa shape index (κ1) is 14.8. The molecule has 2 aliphatic rings. The molecule has 1 unspecified atom stereocenters. The van der Waals surface area contributed by atoms with Crippen LogP contribution >= 0.6 is 0 Å². The van der Waals surface area contributed by atoms with Gasteiger partial charge in [-0.25, -0.2) is 6.57 Å². The number of fused-ring (bicyclic) bond motifs is 3. The Morgan fingerprint density at radius 3 is 2.73 bits per heavy atom. The zero-order valence-corrected chi connectivity index (χ0v) is 13.5. The normalized spacial score (nSPS) is 32.5. The lowest BCUT2D eigenvalue weighted by molar-refractivity contribution is -0.137. The average molecular weight is 296 g/mol. The van der Waals surface area contributed by atoms with E-state index in [4.69, 9.17) is 6.57 Å². The molecule has 0 bridgehead atoms. The molecule has 0 spiro atoms. The minimum absolute atomic E-state index is 0.0601. The van der Waals surface area contributed by atoms with E-state index in [0.29, 0.717) is 12.1 Å². The minimum atomic E-state index is -0.602. The third-order valence-corrected chi connectivity index (χ3v) is 5.83. The summed E-state index contributed by atoms with van der Waals surface area (Å²) in [5.74, 6) is 0.226. The highest BCUT2D eigenvalue weighted by atomic mass is 16.1. The van der Waals surface area contributed by atoms with Crippen molar-refractivity contribution in [2.24, 2.45) is 18.4 Å². The third kappa shape index (κ3) is 1.63. The molecule has 1 fully saturated rings. The smallest absolute Gasteiger partial charge is 0.282 e. The summed E-state index contributed by atoms with van der Waals surface area (Å²) < 4.78 is 1.65. The van der Waals surface area contributed by atoms with Gasteiger partial charge in [-0.3, -0.25) is 9.48 Å². The van der Waals surface area contributed by atoms with Gasteiger partial charge in [0.2, 0.25) is 5.78 Å². The number of Topliss-reactive ketones (excluding diaryl/α,β-unsaturated/α-hetero) is 1. The Kier molecular flexibility index (Phi) is 2.98. The number of rotatable bonds is 0. The molecule has 0 saturated heterocycles. The van der Waals surface area contributed by atoms with Crippen LogP contribution in [-0.4, -0.2) is 21.6 Å². The molecule has 1 heterocycles. The molecule has 1 aromatic heterocycles. The summed E-state index contributed by atoms with van der Waals surface area (Å²) in [6, 6.07) is 1.64. The van der Waals surface area contributed by atoms with Gasteiger partial charge in [-0.2, -0.15) is 10.4 Å². The minimum Gasteiger partial charge on any atom is -0.305 e. The molecule has 1 saturated carbocycles. The van der Waals surface area contributed by atoms with Crippen LogP contribution in [0, 0.1) is 29.2 Å². The Hall–Kier alpha value is -2.14. The molecule has 0 aromatic carbocycles. The molecule has 3 rings (SSSR count). The molecule has 2 aliphatic carbocycles. The van der Waals surface area contributed by atoms with E-state index in [9.17, 15) is 10.1 Å². The van der Waals surface area contributed by atoms with Crippen molar-refractivity contribution in [3.63, 3.8) is 0 Å². The largest absolute Gasteiger partial charge is 0.305 e. The summed E-state index contributed by atoms with van der Waals surface area (Å²) >= 11 is 0. The highest BCUT2D eigenvalue weighted by Gasteiger charge is 2.60. The Morgan fingerprint density at radius 1 is 1.45 bits per heavy atom. The van der Waals surface area contributed by atoms with Crippen molar-refractivity contribution in [2.75, 3.05) is 0 Å². The summed E-state index contributed by atoms with van der Waals surface area (Å²) in [6.07, 6.45) is 2.16. The van der Waals surface area contributed by atoms with Gasteiger partial charge in [0.25, 0.3) is 6.04 Å². The van der Waals surface area contributed by atoms with Crippen LogP contribution < -0.4 is 0 Å². The molecule has 0 amide bonds. The maximum Gasteiger partial charge on any atom is 0.282 e. The summed E-state index contributed by atoms with van der Waals surface area (Å²) in [7, 11) is 1.79. The van der Waals surface area contributed by atoms with Gasteiger partial charge < -0.3 is 4.85 Å². The fourth-order valence-electron chi connectivity index (χ4n) is 4.77. The molecule has 114 valence electrons. The standard InChI is InChI=1S/C17H20N4O/c1-16(2)13-7-6-10-12(9-18)21(5)20-14(10)17(13,3)8-11(19-4)15(16)22/h11,13H,6-8H2,1-3,5H3/t11?,13-,17-/m0/s1. The molecule has 5 nitrogen and oxygen atoms in total. The van der Waals surface area contributed by atoms with Crippen molar-refractivity contribution in [1.82, 2.24) is 9.78 Å². The molecular weight excluding hydrogens is 276 g/mol. The second kappa shape index (κ2) is 4.43. The molecule has 22 heavy (non-hydrogen) atoms. The van der Waals surface area contributed by atoms with Gasteiger partial charge in [-0.05, 0) is 18.8 Å². The summed E-state index contributed by atoms with van der Waals surface area (Å²) in [5.41, 5.74) is 1.72. The topological polar surface area (TPSA) is 63.0 Å². The second-order valence-corrected chi connectivity index (χ2v) is 7.35. The number of aryl methyl sites for hydroxylation is 1. The second-order valence-electron chi connectivity index (χ2n) is 7.35. The predicted octanol–water partition coefficient (Wildman–Crippen LogP) is 2.40. The van der Waals surface area contributed by atoms with Gasteiger partial charge in [0, 0.05) is 29.9 Å². The van der Waals surface area contributed by atoms with Crippen LogP contribution in [0.15, 0.2) is 0 Å². The number of hydrogen-bond donors (Lipinski definition) is 0. The zero-order chi connectivity index (χ0) is 16.3. The van der Waals surface area contributed by atoms with Crippen LogP contribution in [0.2, 0.25) is 0 Å². The van der Waals surface area contributed by atoms with Gasteiger partial charge >= 0.3 is 0 Å². The lowest BCUT2D eigenvalue weighted by Gasteiger charge is -2.51. The van der Waals surface area contributed by atoms with Crippen LogP contribution in [0.4, 0.5) is 0 Å². The molecule has 3 atom stereocenters. The molecule has 1 aromatic rings. The number of carbonyl (C=O) groups excluding carboxylic acids is 1. The Labute approximate surface area is 130 Å². The maximum absolute atomic E-state index is 12.6. The first-order valence-electron chi connectivity index (χ1n) is 7.64. The molecule has 0 radical (unpaired) electrons. The van der Waals surface area contributed by atoms with Crippen molar-refractivity contribution in [2.45, 2.75) is 51.5 Å². The number of carbonyl (C=O) groups is 1. The Balaban J connectivity index is 2.21. The molecule has 0 aliphatic heterocycles. The maximum atomic E-state index is 12.6. The van der Waals surface area contributed by atoms with Crippen LogP contribution in [0.25, 0.3) is 4.85 Å². The van der Waals surface area contributed by atoms with Crippen molar-refractivity contribution < 1.29 is 4.79 Å². The Bertz CT molecular complexity index is 746. The molecular formula is C17H20N4O. The number of nitrogens with zero attached hydrogens (tertiary/aromatic N) is 4. The van der Waals surface area contributed by atoms with Crippen LogP contribution in [-0.2, 0) is 23.7 Å². The average Bonchev–Trinajstić information content (AvgIpc) is 2.80. The quantitative estimate of drug-likeness (QED) is 0.691. The van der Waals surface area contributed by atoms with E-state index in [0.717, 1.165) is 24.1 Å². The summed E-state index contributed by atoms with van der Waals surface area (Å²) in [4.78, 5) is 16.2. The number of nitriles is 1. The van der Waals surface area contributed by atoms with Gasteiger partial charge in [0.1, 0.15) is 11.8 Å². The lowest BCUT2D eigenvalue weighted by Crippen LogP contribution is -2.56. The first-order chi connectivity index (χ1) is 10.3. The van der Waals surface area contributed by atoms with E-state index in [-0.39, 0.29) is 17.1 Å². The summed E-state index contributed by atoms with van der Waals surface area (Å²) in [5, 5.41) is 14.0. The van der Waals surface area contributed by atoms with Crippen LogP contribution in [0.3, 0.4) is 0 Å². The van der Waals surface area contributed by atoms with Crippen LogP contribution in [0.1, 0.15) is 50.6 Å². The van der Waals surface area contributed by atoms with Crippen LogP contribution in [0.5, 0.6) is 0 Å². The number of hydrogen-bond acceptors (Lipinski definition) is 3. The summed E-state index contributed by atoms with van der Waals surface area (Å²) in [6.45, 7) is 13.4. The van der Waals surface area contributed by atoms with E-state index in [1.165, 1.54) is 0 Å². The molecule has 5 heteroatoms. The third-order valence-electron chi connectivity index (χ3n) is 5.83.